The molecule has 2 atom stereocenters. The first-order valence-corrected chi connectivity index (χ1v) is 9.22. The number of anilines is 1. The predicted octanol–water partition coefficient (Wildman–Crippen LogP) is 2.25. The Kier molecular flexibility index (Phi) is 5.71. The normalized spacial score (nSPS) is 18.2. The third-order valence-corrected chi connectivity index (χ3v) is 4.84. The van der Waals surface area contributed by atoms with Crippen LogP contribution < -0.4 is 10.2 Å². The summed E-state index contributed by atoms with van der Waals surface area (Å²) in [6.07, 6.45) is 4.80. The highest BCUT2D eigenvalue weighted by atomic mass is 16.2. The summed E-state index contributed by atoms with van der Waals surface area (Å²) in [6, 6.07) is 9.80. The molecule has 1 N–H and O–H groups in total. The highest BCUT2D eigenvalue weighted by Gasteiger charge is 2.35. The topological polar surface area (TPSA) is 67.2 Å². The van der Waals surface area contributed by atoms with E-state index in [0.29, 0.717) is 13.1 Å². The summed E-state index contributed by atoms with van der Waals surface area (Å²) in [5, 5.41) is 7.18. The van der Waals surface area contributed by atoms with Gasteiger partial charge in [-0.25, -0.2) is 0 Å². The fraction of sp³-hybridized carbons (Fsp3) is 0.450. The first kappa shape index (κ1) is 18.2. The molecule has 26 heavy (non-hydrogen) atoms. The average molecular weight is 354 g/mol. The minimum absolute atomic E-state index is 0.0237. The number of aromatic nitrogens is 2. The minimum Gasteiger partial charge on any atom is -0.355 e. The van der Waals surface area contributed by atoms with E-state index in [9.17, 15) is 9.59 Å². The lowest BCUT2D eigenvalue weighted by atomic mass is 10.1. The highest BCUT2D eigenvalue weighted by molar-refractivity contribution is 6.00. The number of para-hydroxylation sites is 1. The lowest BCUT2D eigenvalue weighted by molar-refractivity contribution is -0.126. The van der Waals surface area contributed by atoms with Gasteiger partial charge in [0.05, 0.1) is 5.92 Å². The molecule has 0 radical (unpaired) electrons. The largest absolute Gasteiger partial charge is 0.355 e. The monoisotopic (exact) mass is 354 g/mol. The van der Waals surface area contributed by atoms with Crippen LogP contribution in [0.2, 0.25) is 0 Å². The van der Waals surface area contributed by atoms with E-state index in [1.165, 1.54) is 0 Å². The van der Waals surface area contributed by atoms with Gasteiger partial charge in [0.1, 0.15) is 0 Å². The van der Waals surface area contributed by atoms with Gasteiger partial charge in [-0.05, 0) is 30.0 Å². The second-order valence-electron chi connectivity index (χ2n) is 6.97. The maximum atomic E-state index is 12.5. The van der Waals surface area contributed by atoms with Gasteiger partial charge in [0.25, 0.3) is 0 Å². The van der Waals surface area contributed by atoms with E-state index < -0.39 is 0 Å². The van der Waals surface area contributed by atoms with Crippen LogP contribution in [0.25, 0.3) is 0 Å². The number of nitrogens with one attached hydrogen (secondary N) is 1. The smallest absolute Gasteiger partial charge is 0.227 e. The molecule has 0 saturated carbocycles. The standard InChI is InChI=1S/C20H26N4O2/c1-3-16-7-4-5-8-18(16)24-14-17(11-19(24)25)20(26)21-12-15(2)13-23-10-6-9-22-23/h4-10,15,17H,3,11-14H2,1-2H3,(H,21,26)/t15-,17+/m1/s1. The molecule has 0 aliphatic carbocycles. The van der Waals surface area contributed by atoms with E-state index in [-0.39, 0.29) is 30.1 Å². The molecule has 1 aromatic carbocycles. The van der Waals surface area contributed by atoms with Crippen LogP contribution in [0.5, 0.6) is 0 Å². The SMILES string of the molecule is CCc1ccccc1N1C[C@@H](C(=O)NC[C@@H](C)Cn2cccn2)CC1=O. The first-order chi connectivity index (χ1) is 12.6. The summed E-state index contributed by atoms with van der Waals surface area (Å²) in [5.41, 5.74) is 2.07. The summed E-state index contributed by atoms with van der Waals surface area (Å²) in [7, 11) is 0. The third kappa shape index (κ3) is 4.12. The fourth-order valence-electron chi connectivity index (χ4n) is 3.40. The zero-order chi connectivity index (χ0) is 18.5. The van der Waals surface area contributed by atoms with Crippen molar-refractivity contribution >= 4 is 17.5 Å². The molecule has 0 unspecified atom stereocenters. The number of hydrogen-bond donors (Lipinski definition) is 1. The Labute approximate surface area is 154 Å². The van der Waals surface area contributed by atoms with Crippen molar-refractivity contribution in [1.82, 2.24) is 15.1 Å². The van der Waals surface area contributed by atoms with Crippen molar-refractivity contribution in [3.05, 3.63) is 48.3 Å². The van der Waals surface area contributed by atoms with Crippen LogP contribution in [-0.4, -0.2) is 34.7 Å². The van der Waals surface area contributed by atoms with Crippen molar-refractivity contribution in [2.75, 3.05) is 18.0 Å². The molecule has 6 heteroatoms. The molecule has 0 spiro atoms. The van der Waals surface area contributed by atoms with Crippen LogP contribution in [-0.2, 0) is 22.6 Å². The summed E-state index contributed by atoms with van der Waals surface area (Å²) < 4.78 is 1.86. The summed E-state index contributed by atoms with van der Waals surface area (Å²) >= 11 is 0. The van der Waals surface area contributed by atoms with Gasteiger partial charge >= 0.3 is 0 Å². The number of carbonyl (C=O) groups excluding carboxylic acids is 2. The number of nitrogens with zero attached hydrogens (tertiary/aromatic N) is 3. The van der Waals surface area contributed by atoms with Crippen molar-refractivity contribution < 1.29 is 9.59 Å². The molecular weight excluding hydrogens is 328 g/mol. The zero-order valence-electron chi connectivity index (χ0n) is 15.4. The van der Waals surface area contributed by atoms with Gasteiger partial charge in [0.2, 0.25) is 11.8 Å². The van der Waals surface area contributed by atoms with Gasteiger partial charge < -0.3 is 10.2 Å². The number of benzene rings is 1. The van der Waals surface area contributed by atoms with Crippen LogP contribution in [0.4, 0.5) is 5.69 Å². The van der Waals surface area contributed by atoms with Crippen molar-refractivity contribution in [3.63, 3.8) is 0 Å². The van der Waals surface area contributed by atoms with E-state index in [2.05, 4.69) is 24.3 Å². The van der Waals surface area contributed by atoms with Crippen LogP contribution in [0, 0.1) is 11.8 Å². The lowest BCUT2D eigenvalue weighted by Gasteiger charge is -2.20. The van der Waals surface area contributed by atoms with E-state index in [1.54, 1.807) is 11.1 Å². The lowest BCUT2D eigenvalue weighted by Crippen LogP contribution is -2.36. The summed E-state index contributed by atoms with van der Waals surface area (Å²) in [6.45, 7) is 5.94. The molecule has 2 amide bonds. The van der Waals surface area contributed by atoms with Crippen LogP contribution in [0.15, 0.2) is 42.7 Å². The average Bonchev–Trinajstić information content (AvgIpc) is 3.29. The van der Waals surface area contributed by atoms with Gasteiger partial charge in [0.15, 0.2) is 0 Å². The minimum atomic E-state index is -0.288. The molecule has 1 saturated heterocycles. The highest BCUT2D eigenvalue weighted by Crippen LogP contribution is 2.28. The number of rotatable bonds is 7. The van der Waals surface area contributed by atoms with Crippen molar-refractivity contribution in [2.24, 2.45) is 11.8 Å². The van der Waals surface area contributed by atoms with E-state index in [0.717, 1.165) is 24.2 Å². The van der Waals surface area contributed by atoms with Crippen molar-refractivity contribution in [3.8, 4) is 0 Å². The van der Waals surface area contributed by atoms with Gasteiger partial charge in [-0.2, -0.15) is 5.10 Å². The molecule has 1 fully saturated rings. The second-order valence-corrected chi connectivity index (χ2v) is 6.97. The number of amides is 2. The maximum Gasteiger partial charge on any atom is 0.227 e. The molecule has 1 aliphatic heterocycles. The van der Waals surface area contributed by atoms with Crippen molar-refractivity contribution in [1.29, 1.82) is 0 Å². The predicted molar refractivity (Wildman–Crippen MR) is 101 cm³/mol. The fourth-order valence-corrected chi connectivity index (χ4v) is 3.40. The number of aryl methyl sites for hydroxylation is 1. The van der Waals surface area contributed by atoms with Gasteiger partial charge in [0, 0.05) is 44.1 Å². The Morgan fingerprint density at radius 1 is 1.35 bits per heavy atom. The van der Waals surface area contributed by atoms with Crippen LogP contribution in [0.3, 0.4) is 0 Å². The Morgan fingerprint density at radius 3 is 2.88 bits per heavy atom. The Hall–Kier alpha value is -2.63. The van der Waals surface area contributed by atoms with Crippen LogP contribution in [0.1, 0.15) is 25.8 Å². The Bertz CT molecular complexity index is 757. The van der Waals surface area contributed by atoms with Crippen molar-refractivity contribution in [2.45, 2.75) is 33.2 Å². The maximum absolute atomic E-state index is 12.5. The zero-order valence-corrected chi connectivity index (χ0v) is 15.4. The van der Waals surface area contributed by atoms with E-state index in [1.807, 2.05) is 41.2 Å². The van der Waals surface area contributed by atoms with E-state index in [4.69, 9.17) is 0 Å². The number of hydrogen-bond acceptors (Lipinski definition) is 3. The molecular formula is C20H26N4O2. The Morgan fingerprint density at radius 2 is 2.15 bits per heavy atom. The molecule has 1 aliphatic rings. The van der Waals surface area contributed by atoms with E-state index >= 15 is 0 Å². The Balaban J connectivity index is 1.55. The molecule has 138 valence electrons. The van der Waals surface area contributed by atoms with Crippen LogP contribution >= 0.6 is 0 Å². The first-order valence-electron chi connectivity index (χ1n) is 9.22. The quantitative estimate of drug-likeness (QED) is 0.829. The molecule has 6 nitrogen and oxygen atoms in total. The molecule has 1 aromatic heterocycles. The van der Waals surface area contributed by atoms with Gasteiger partial charge in [-0.1, -0.05) is 32.0 Å². The second kappa shape index (κ2) is 8.17. The molecule has 0 bridgehead atoms. The summed E-state index contributed by atoms with van der Waals surface area (Å²) in [5.74, 6) is -0.0324. The molecule has 2 aromatic rings. The van der Waals surface area contributed by atoms with Gasteiger partial charge in [-0.3, -0.25) is 14.3 Å². The molecule has 3 rings (SSSR count). The van der Waals surface area contributed by atoms with Gasteiger partial charge in [-0.15, -0.1) is 0 Å². The summed E-state index contributed by atoms with van der Waals surface area (Å²) in [4.78, 5) is 26.7. The number of carbonyl (C=O) groups is 2. The molecule has 2 heterocycles. The third-order valence-electron chi connectivity index (χ3n) is 4.84.